The van der Waals surface area contributed by atoms with E-state index in [9.17, 15) is 9.59 Å². The van der Waals surface area contributed by atoms with E-state index in [2.05, 4.69) is 11.1 Å². The molecular formula is C27H31ClN4O3. The third kappa shape index (κ3) is 4.74. The highest BCUT2D eigenvalue weighted by Crippen LogP contribution is 2.31. The van der Waals surface area contributed by atoms with Gasteiger partial charge in [-0.15, -0.1) is 0 Å². The van der Waals surface area contributed by atoms with Crippen molar-refractivity contribution in [2.45, 2.75) is 58.6 Å². The minimum atomic E-state index is -0.506. The minimum Gasteiger partial charge on any atom is -0.444 e. The van der Waals surface area contributed by atoms with Crippen LogP contribution < -0.4 is 0 Å². The average molecular weight is 495 g/mol. The molecule has 0 atom stereocenters. The first-order valence-electron chi connectivity index (χ1n) is 12.2. The van der Waals surface area contributed by atoms with Crippen LogP contribution >= 0.6 is 11.6 Å². The molecule has 8 heteroatoms. The number of halogens is 1. The van der Waals surface area contributed by atoms with Crippen LogP contribution in [0.1, 0.15) is 55.2 Å². The summed E-state index contributed by atoms with van der Waals surface area (Å²) in [4.78, 5) is 34.0. The van der Waals surface area contributed by atoms with Crippen LogP contribution in [-0.4, -0.2) is 62.5 Å². The standard InChI is InChI=1S/C27H31ClN4O3/c1-17-15-31-16-20(14-23(28)24(31)29-17)18-5-6-22-19(13-18)7-12-32(25(22)33)21-8-10-30(11-9-21)26(34)35-27(2,3)4/h5-6,13-16,21H,7-12H2,1-4H3. The van der Waals surface area contributed by atoms with Crippen LogP contribution in [0.2, 0.25) is 5.02 Å². The maximum Gasteiger partial charge on any atom is 0.410 e. The topological polar surface area (TPSA) is 67.2 Å². The number of likely N-dealkylation sites (tertiary alicyclic amines) is 1. The van der Waals surface area contributed by atoms with Gasteiger partial charge in [-0.3, -0.25) is 4.79 Å². The Hall–Kier alpha value is -3.06. The van der Waals surface area contributed by atoms with Crippen LogP contribution in [0.25, 0.3) is 16.8 Å². The summed E-state index contributed by atoms with van der Waals surface area (Å²) in [5, 5.41) is 0.605. The molecule has 0 aliphatic carbocycles. The summed E-state index contributed by atoms with van der Waals surface area (Å²) in [7, 11) is 0. The predicted molar refractivity (Wildman–Crippen MR) is 136 cm³/mol. The molecule has 7 nitrogen and oxygen atoms in total. The van der Waals surface area contributed by atoms with E-state index >= 15 is 0 Å². The third-order valence-electron chi connectivity index (χ3n) is 6.74. The van der Waals surface area contributed by atoms with E-state index in [-0.39, 0.29) is 18.0 Å². The van der Waals surface area contributed by atoms with Crippen LogP contribution in [0.4, 0.5) is 4.79 Å². The molecule has 1 saturated heterocycles. The monoisotopic (exact) mass is 494 g/mol. The van der Waals surface area contributed by atoms with Gasteiger partial charge >= 0.3 is 6.09 Å². The summed E-state index contributed by atoms with van der Waals surface area (Å²) in [6, 6.07) is 8.11. The fraction of sp³-hybridized carbons (Fsp3) is 0.444. The number of pyridine rings is 1. The van der Waals surface area contributed by atoms with Crippen molar-refractivity contribution in [3.05, 3.63) is 58.5 Å². The second-order valence-corrected chi connectivity index (χ2v) is 10.9. The van der Waals surface area contributed by atoms with Crippen molar-refractivity contribution in [3.8, 4) is 11.1 Å². The van der Waals surface area contributed by atoms with Crippen molar-refractivity contribution >= 4 is 29.2 Å². The van der Waals surface area contributed by atoms with Gasteiger partial charge in [0.05, 0.1) is 10.7 Å². The number of aromatic nitrogens is 2. The number of amides is 2. The van der Waals surface area contributed by atoms with E-state index in [1.165, 1.54) is 0 Å². The number of fused-ring (bicyclic) bond motifs is 2. The molecule has 4 heterocycles. The molecule has 0 radical (unpaired) electrons. The Balaban J connectivity index is 1.30. The van der Waals surface area contributed by atoms with E-state index < -0.39 is 5.60 Å². The normalized spacial score (nSPS) is 17.1. The fourth-order valence-corrected chi connectivity index (χ4v) is 5.32. The maximum absolute atomic E-state index is 13.4. The zero-order valence-corrected chi connectivity index (χ0v) is 21.4. The Morgan fingerprint density at radius 3 is 2.54 bits per heavy atom. The first-order chi connectivity index (χ1) is 16.6. The summed E-state index contributed by atoms with van der Waals surface area (Å²) in [6.07, 6.45) is 6.05. The first-order valence-corrected chi connectivity index (χ1v) is 12.5. The van der Waals surface area contributed by atoms with Gasteiger partial charge in [0.15, 0.2) is 5.65 Å². The number of imidazole rings is 1. The van der Waals surface area contributed by atoms with Gasteiger partial charge in [-0.1, -0.05) is 23.7 Å². The molecule has 0 spiro atoms. The lowest BCUT2D eigenvalue weighted by atomic mass is 9.92. The molecule has 2 aromatic heterocycles. The van der Waals surface area contributed by atoms with Gasteiger partial charge in [0, 0.05) is 43.6 Å². The lowest BCUT2D eigenvalue weighted by molar-refractivity contribution is 0.0144. The van der Waals surface area contributed by atoms with Gasteiger partial charge in [0.25, 0.3) is 5.91 Å². The molecule has 35 heavy (non-hydrogen) atoms. The lowest BCUT2D eigenvalue weighted by Gasteiger charge is -2.40. The third-order valence-corrected chi connectivity index (χ3v) is 7.01. The zero-order chi connectivity index (χ0) is 24.9. The molecule has 0 unspecified atom stereocenters. The van der Waals surface area contributed by atoms with Crippen molar-refractivity contribution in [1.82, 2.24) is 19.2 Å². The Morgan fingerprint density at radius 1 is 1.09 bits per heavy atom. The highest BCUT2D eigenvalue weighted by Gasteiger charge is 2.34. The summed E-state index contributed by atoms with van der Waals surface area (Å²) in [5.74, 6) is 0.0761. The smallest absolute Gasteiger partial charge is 0.410 e. The summed E-state index contributed by atoms with van der Waals surface area (Å²) < 4.78 is 7.45. The lowest BCUT2D eigenvalue weighted by Crippen LogP contribution is -2.51. The largest absolute Gasteiger partial charge is 0.444 e. The van der Waals surface area contributed by atoms with E-state index in [1.807, 2.05) is 67.6 Å². The molecule has 2 aliphatic rings. The molecule has 184 valence electrons. The molecule has 5 rings (SSSR count). The summed E-state index contributed by atoms with van der Waals surface area (Å²) in [6.45, 7) is 9.46. The summed E-state index contributed by atoms with van der Waals surface area (Å²) >= 11 is 6.48. The Labute approximate surface area is 210 Å². The Morgan fingerprint density at radius 2 is 1.83 bits per heavy atom. The van der Waals surface area contributed by atoms with Crippen molar-refractivity contribution in [1.29, 1.82) is 0 Å². The number of hydrogen-bond acceptors (Lipinski definition) is 4. The molecule has 0 N–H and O–H groups in total. The predicted octanol–water partition coefficient (Wildman–Crippen LogP) is 5.36. The quantitative estimate of drug-likeness (QED) is 0.481. The number of benzene rings is 1. The van der Waals surface area contributed by atoms with Crippen LogP contribution in [0.3, 0.4) is 0 Å². The molecule has 1 fully saturated rings. The van der Waals surface area contributed by atoms with Crippen LogP contribution in [0.15, 0.2) is 36.7 Å². The van der Waals surface area contributed by atoms with E-state index in [0.717, 1.165) is 52.9 Å². The second kappa shape index (κ2) is 8.86. The molecule has 0 saturated carbocycles. The van der Waals surface area contributed by atoms with Gasteiger partial charge in [-0.05, 0) is 75.8 Å². The van der Waals surface area contributed by atoms with Gasteiger partial charge in [-0.2, -0.15) is 0 Å². The van der Waals surface area contributed by atoms with Crippen LogP contribution in [0, 0.1) is 6.92 Å². The Bertz CT molecular complexity index is 1300. The number of carbonyl (C=O) groups excluding carboxylic acids is 2. The van der Waals surface area contributed by atoms with Crippen molar-refractivity contribution < 1.29 is 14.3 Å². The molecule has 3 aromatic rings. The first kappa shape index (κ1) is 23.7. The number of rotatable bonds is 2. The van der Waals surface area contributed by atoms with Crippen molar-refractivity contribution in [3.63, 3.8) is 0 Å². The number of hydrogen-bond donors (Lipinski definition) is 0. The van der Waals surface area contributed by atoms with E-state index in [4.69, 9.17) is 16.3 Å². The number of aryl methyl sites for hydroxylation is 1. The van der Waals surface area contributed by atoms with Gasteiger partial charge in [-0.25, -0.2) is 9.78 Å². The highest BCUT2D eigenvalue weighted by atomic mass is 35.5. The number of nitrogens with zero attached hydrogens (tertiary/aromatic N) is 4. The molecule has 1 aromatic carbocycles. The van der Waals surface area contributed by atoms with Crippen molar-refractivity contribution in [2.24, 2.45) is 0 Å². The minimum absolute atomic E-state index is 0.0761. The second-order valence-electron chi connectivity index (χ2n) is 10.5. The van der Waals surface area contributed by atoms with E-state index in [0.29, 0.717) is 24.7 Å². The average Bonchev–Trinajstić information content (AvgIpc) is 3.19. The molecule has 2 aliphatic heterocycles. The van der Waals surface area contributed by atoms with Gasteiger partial charge in [0.1, 0.15) is 5.60 Å². The summed E-state index contributed by atoms with van der Waals surface area (Å²) in [5.41, 5.74) is 5.01. The highest BCUT2D eigenvalue weighted by molar-refractivity contribution is 6.33. The van der Waals surface area contributed by atoms with Crippen LogP contribution in [0.5, 0.6) is 0 Å². The molecular weight excluding hydrogens is 464 g/mol. The van der Waals surface area contributed by atoms with Gasteiger partial charge in [0.2, 0.25) is 0 Å². The maximum atomic E-state index is 13.4. The number of piperidine rings is 1. The van der Waals surface area contributed by atoms with Crippen LogP contribution in [-0.2, 0) is 11.2 Å². The number of carbonyl (C=O) groups is 2. The number of ether oxygens (including phenoxy) is 1. The van der Waals surface area contributed by atoms with E-state index in [1.54, 1.807) is 4.90 Å². The SMILES string of the molecule is Cc1cn2cc(-c3ccc4c(c3)CCN(C3CCN(C(=O)OC(C)(C)C)CC3)C4=O)cc(Cl)c2n1. The fourth-order valence-electron chi connectivity index (χ4n) is 5.06. The Kier molecular flexibility index (Phi) is 5.99. The van der Waals surface area contributed by atoms with Gasteiger partial charge < -0.3 is 18.9 Å². The van der Waals surface area contributed by atoms with Crippen molar-refractivity contribution in [2.75, 3.05) is 19.6 Å². The zero-order valence-electron chi connectivity index (χ0n) is 20.7. The molecule has 0 bridgehead atoms. The molecule has 2 amide bonds.